The van der Waals surface area contributed by atoms with E-state index in [-0.39, 0.29) is 18.5 Å². The first-order valence-electron chi connectivity index (χ1n) is 7.91. The van der Waals surface area contributed by atoms with Crippen molar-refractivity contribution in [1.82, 2.24) is 0 Å². The molecule has 0 bridgehead atoms. The van der Waals surface area contributed by atoms with Gasteiger partial charge < -0.3 is 9.79 Å². The van der Waals surface area contributed by atoms with Crippen LogP contribution in [0.4, 0.5) is 0 Å². The summed E-state index contributed by atoms with van der Waals surface area (Å²) in [7, 11) is -6.58. The van der Waals surface area contributed by atoms with Crippen molar-refractivity contribution in [2.45, 2.75) is 71.4 Å². The van der Waals surface area contributed by atoms with E-state index in [1.54, 1.807) is 0 Å². The van der Waals surface area contributed by atoms with E-state index >= 15 is 0 Å². The molecular formula is C14H32O4P2. The number of hydrogen-bond donors (Lipinski definition) is 2. The molecule has 6 heteroatoms. The minimum absolute atomic E-state index is 0.0183. The summed E-state index contributed by atoms with van der Waals surface area (Å²) >= 11 is 0. The molecule has 0 aromatic rings. The van der Waals surface area contributed by atoms with Crippen LogP contribution in [0.5, 0.6) is 0 Å². The molecule has 20 heavy (non-hydrogen) atoms. The zero-order valence-electron chi connectivity index (χ0n) is 13.3. The molecule has 0 aliphatic carbocycles. The third-order valence-corrected chi connectivity index (χ3v) is 8.50. The third kappa shape index (κ3) is 8.62. The molecule has 3 atom stereocenters. The third-order valence-electron chi connectivity index (χ3n) is 3.65. The van der Waals surface area contributed by atoms with E-state index < -0.39 is 20.4 Å². The Balaban J connectivity index is 4.78. The zero-order chi connectivity index (χ0) is 15.6. The van der Waals surface area contributed by atoms with E-state index in [1.807, 2.05) is 20.8 Å². The predicted molar refractivity (Wildman–Crippen MR) is 87.4 cm³/mol. The molecule has 2 N–H and O–H groups in total. The van der Waals surface area contributed by atoms with Crippen molar-refractivity contribution >= 4 is 14.7 Å². The van der Waals surface area contributed by atoms with Crippen LogP contribution in [0.2, 0.25) is 0 Å². The molecule has 0 saturated heterocycles. The molecule has 0 aliphatic rings. The summed E-state index contributed by atoms with van der Waals surface area (Å²) in [5, 5.41) is 0. The van der Waals surface area contributed by atoms with E-state index in [1.165, 1.54) is 0 Å². The standard InChI is InChI=1S/C14H32O4P2/c1-4-7-10-14(20(17,18)12-9-6-3)13-19(15,16)11-8-5-2/h14H,4-13H2,1-3H3,(H,15,16)(H,17,18). The monoisotopic (exact) mass is 326 g/mol. The van der Waals surface area contributed by atoms with E-state index in [4.69, 9.17) is 0 Å². The van der Waals surface area contributed by atoms with Crippen LogP contribution in [0.1, 0.15) is 65.7 Å². The molecule has 0 fully saturated rings. The normalized spacial score (nSPS) is 19.2. The maximum absolute atomic E-state index is 12.5. The fourth-order valence-electron chi connectivity index (χ4n) is 2.25. The minimum Gasteiger partial charge on any atom is -0.344 e. The van der Waals surface area contributed by atoms with Gasteiger partial charge in [-0.2, -0.15) is 0 Å². The lowest BCUT2D eigenvalue weighted by atomic mass is 10.2. The van der Waals surface area contributed by atoms with Gasteiger partial charge in [0.1, 0.15) is 0 Å². The van der Waals surface area contributed by atoms with Crippen LogP contribution in [0.25, 0.3) is 0 Å². The Hall–Kier alpha value is 0.380. The van der Waals surface area contributed by atoms with E-state index in [0.29, 0.717) is 19.3 Å². The Morgan fingerprint density at radius 2 is 1.35 bits per heavy atom. The lowest BCUT2D eigenvalue weighted by Gasteiger charge is -2.25. The van der Waals surface area contributed by atoms with Crippen LogP contribution in [0.15, 0.2) is 0 Å². The molecule has 0 saturated carbocycles. The molecular weight excluding hydrogens is 294 g/mol. The van der Waals surface area contributed by atoms with Crippen molar-refractivity contribution in [2.75, 3.05) is 18.5 Å². The highest BCUT2D eigenvalue weighted by Gasteiger charge is 2.35. The topological polar surface area (TPSA) is 74.6 Å². The maximum atomic E-state index is 12.5. The highest BCUT2D eigenvalue weighted by atomic mass is 31.2. The van der Waals surface area contributed by atoms with Crippen LogP contribution in [-0.2, 0) is 9.13 Å². The van der Waals surface area contributed by atoms with Gasteiger partial charge in [0.15, 0.2) is 0 Å². The van der Waals surface area contributed by atoms with E-state index in [9.17, 15) is 18.9 Å². The number of hydrogen-bond acceptors (Lipinski definition) is 2. The molecule has 0 radical (unpaired) electrons. The van der Waals surface area contributed by atoms with Crippen molar-refractivity contribution < 1.29 is 18.9 Å². The van der Waals surface area contributed by atoms with Gasteiger partial charge in [-0.3, -0.25) is 9.13 Å². The van der Waals surface area contributed by atoms with Gasteiger partial charge >= 0.3 is 0 Å². The Bertz CT molecular complexity index is 344. The average Bonchev–Trinajstić information content (AvgIpc) is 2.38. The first-order valence-corrected chi connectivity index (χ1v) is 11.9. The summed E-state index contributed by atoms with van der Waals surface area (Å²) in [5.74, 6) is 0. The van der Waals surface area contributed by atoms with Gasteiger partial charge in [-0.15, -0.1) is 0 Å². The Labute approximate surface area is 124 Å². The molecule has 3 unspecified atom stereocenters. The smallest absolute Gasteiger partial charge is 0.204 e. The first kappa shape index (κ1) is 20.4. The van der Waals surface area contributed by atoms with E-state index in [0.717, 1.165) is 25.7 Å². The van der Waals surface area contributed by atoms with Gasteiger partial charge in [0, 0.05) is 24.1 Å². The summed E-state index contributed by atoms with van der Waals surface area (Å²) in [5.41, 5.74) is -0.498. The van der Waals surface area contributed by atoms with Gasteiger partial charge in [0.2, 0.25) is 14.7 Å². The summed E-state index contributed by atoms with van der Waals surface area (Å²) in [6.07, 6.45) is 6.11. The quantitative estimate of drug-likeness (QED) is 0.510. The van der Waals surface area contributed by atoms with Crippen LogP contribution in [0, 0.1) is 0 Å². The number of unbranched alkanes of at least 4 members (excludes halogenated alkanes) is 3. The molecule has 0 aromatic heterocycles. The Kier molecular flexibility index (Phi) is 10.4. The predicted octanol–water partition coefficient (Wildman–Crippen LogP) is 4.69. The molecule has 0 spiro atoms. The van der Waals surface area contributed by atoms with Crippen LogP contribution in [-0.4, -0.2) is 33.9 Å². The lowest BCUT2D eigenvalue weighted by molar-refractivity contribution is 0.444. The second-order valence-electron chi connectivity index (χ2n) is 5.73. The summed E-state index contributed by atoms with van der Waals surface area (Å²) < 4.78 is 24.6. The van der Waals surface area contributed by atoms with Crippen molar-refractivity contribution in [3.63, 3.8) is 0 Å². The van der Waals surface area contributed by atoms with Crippen LogP contribution in [0.3, 0.4) is 0 Å². The maximum Gasteiger partial charge on any atom is 0.204 e. The second-order valence-corrected chi connectivity index (χ2v) is 10.9. The molecule has 122 valence electrons. The van der Waals surface area contributed by atoms with Crippen LogP contribution >= 0.6 is 14.7 Å². The average molecular weight is 326 g/mol. The fraction of sp³-hybridized carbons (Fsp3) is 1.00. The first-order chi connectivity index (χ1) is 9.29. The van der Waals surface area contributed by atoms with Gasteiger partial charge in [0.05, 0.1) is 0 Å². The summed E-state index contributed by atoms with van der Waals surface area (Å²) in [4.78, 5) is 20.3. The molecule has 4 nitrogen and oxygen atoms in total. The Morgan fingerprint density at radius 1 is 0.850 bits per heavy atom. The highest BCUT2D eigenvalue weighted by molar-refractivity contribution is 7.62. The van der Waals surface area contributed by atoms with Gasteiger partial charge in [-0.05, 0) is 19.3 Å². The van der Waals surface area contributed by atoms with Gasteiger partial charge in [-0.1, -0.05) is 46.5 Å². The lowest BCUT2D eigenvalue weighted by Crippen LogP contribution is -2.17. The van der Waals surface area contributed by atoms with E-state index in [2.05, 4.69) is 0 Å². The van der Waals surface area contributed by atoms with Crippen LogP contribution < -0.4 is 0 Å². The van der Waals surface area contributed by atoms with Crippen molar-refractivity contribution in [2.24, 2.45) is 0 Å². The minimum atomic E-state index is -3.31. The summed E-state index contributed by atoms with van der Waals surface area (Å²) in [6.45, 7) is 5.99. The zero-order valence-corrected chi connectivity index (χ0v) is 15.0. The molecule has 0 heterocycles. The van der Waals surface area contributed by atoms with Gasteiger partial charge in [0.25, 0.3) is 0 Å². The summed E-state index contributed by atoms with van der Waals surface area (Å²) in [6, 6.07) is 0. The van der Waals surface area contributed by atoms with Crippen molar-refractivity contribution in [3.05, 3.63) is 0 Å². The second kappa shape index (κ2) is 10.2. The largest absolute Gasteiger partial charge is 0.344 e. The molecule has 0 aromatic carbocycles. The van der Waals surface area contributed by atoms with Crippen molar-refractivity contribution in [1.29, 1.82) is 0 Å². The fourth-order valence-corrected chi connectivity index (χ4v) is 7.59. The van der Waals surface area contributed by atoms with Gasteiger partial charge in [-0.25, -0.2) is 0 Å². The number of rotatable bonds is 12. The SMILES string of the molecule is CCCCC(CP(=O)(O)CCCC)P(=O)(O)CCCC. The van der Waals surface area contributed by atoms with Crippen molar-refractivity contribution in [3.8, 4) is 0 Å². The Morgan fingerprint density at radius 3 is 1.85 bits per heavy atom. The molecule has 0 rings (SSSR count). The highest BCUT2D eigenvalue weighted by Crippen LogP contribution is 2.55. The molecule has 0 aliphatic heterocycles. The molecule has 0 amide bonds.